The van der Waals surface area contributed by atoms with Crippen molar-refractivity contribution in [2.45, 2.75) is 58.3 Å². The SMILES string of the molecule is CCCCCc1cn(-c2ccc(CCN3CCCCC3)cc2)nn1. The van der Waals surface area contributed by atoms with Crippen molar-refractivity contribution >= 4 is 0 Å². The van der Waals surface area contributed by atoms with Crippen LogP contribution in [0.2, 0.25) is 0 Å². The number of hydrogen-bond donors (Lipinski definition) is 0. The highest BCUT2D eigenvalue weighted by Crippen LogP contribution is 2.13. The Bertz CT molecular complexity index is 596. The highest BCUT2D eigenvalue weighted by molar-refractivity contribution is 5.34. The summed E-state index contributed by atoms with van der Waals surface area (Å²) in [5, 5.41) is 8.56. The van der Waals surface area contributed by atoms with Gasteiger partial charge < -0.3 is 4.90 Å². The molecular weight excluding hydrogens is 296 g/mol. The Morgan fingerprint density at radius 1 is 0.958 bits per heavy atom. The van der Waals surface area contributed by atoms with Gasteiger partial charge in [-0.3, -0.25) is 0 Å². The summed E-state index contributed by atoms with van der Waals surface area (Å²) >= 11 is 0. The van der Waals surface area contributed by atoms with E-state index in [1.54, 1.807) is 0 Å². The van der Waals surface area contributed by atoms with Crippen LogP contribution in [0.4, 0.5) is 0 Å². The number of likely N-dealkylation sites (tertiary alicyclic amines) is 1. The molecule has 0 amide bonds. The zero-order valence-corrected chi connectivity index (χ0v) is 15.0. The molecule has 1 aliphatic rings. The molecule has 0 saturated carbocycles. The van der Waals surface area contributed by atoms with Crippen LogP contribution < -0.4 is 0 Å². The number of unbranched alkanes of at least 4 members (excludes halogenated alkanes) is 2. The summed E-state index contributed by atoms with van der Waals surface area (Å²) in [4.78, 5) is 2.59. The van der Waals surface area contributed by atoms with Gasteiger partial charge in [0.25, 0.3) is 0 Å². The van der Waals surface area contributed by atoms with Gasteiger partial charge in [0.2, 0.25) is 0 Å². The third-order valence-corrected chi connectivity index (χ3v) is 4.94. The molecule has 4 heteroatoms. The molecule has 0 aliphatic carbocycles. The number of piperidine rings is 1. The lowest BCUT2D eigenvalue weighted by molar-refractivity contribution is 0.231. The summed E-state index contributed by atoms with van der Waals surface area (Å²) in [7, 11) is 0. The molecule has 130 valence electrons. The van der Waals surface area contributed by atoms with Crippen molar-refractivity contribution in [2.75, 3.05) is 19.6 Å². The van der Waals surface area contributed by atoms with E-state index in [0.717, 1.165) is 24.2 Å². The number of rotatable bonds is 8. The first-order valence-corrected chi connectivity index (χ1v) is 9.58. The summed E-state index contributed by atoms with van der Waals surface area (Å²) < 4.78 is 1.90. The van der Waals surface area contributed by atoms with Gasteiger partial charge in [0, 0.05) is 6.54 Å². The first kappa shape index (κ1) is 17.2. The van der Waals surface area contributed by atoms with Crippen LogP contribution in [0.25, 0.3) is 5.69 Å². The molecule has 2 heterocycles. The van der Waals surface area contributed by atoms with E-state index in [1.165, 1.54) is 63.7 Å². The predicted octanol–water partition coefficient (Wildman–Crippen LogP) is 4.03. The minimum atomic E-state index is 1.03. The second kappa shape index (κ2) is 8.97. The van der Waals surface area contributed by atoms with Gasteiger partial charge in [0.1, 0.15) is 0 Å². The monoisotopic (exact) mass is 326 g/mol. The van der Waals surface area contributed by atoms with Crippen molar-refractivity contribution < 1.29 is 0 Å². The van der Waals surface area contributed by atoms with Gasteiger partial charge in [-0.15, -0.1) is 5.10 Å². The van der Waals surface area contributed by atoms with Gasteiger partial charge in [0.05, 0.1) is 17.6 Å². The molecule has 0 N–H and O–H groups in total. The summed E-state index contributed by atoms with van der Waals surface area (Å²) in [6.07, 6.45) is 12.1. The molecule has 4 nitrogen and oxygen atoms in total. The molecule has 24 heavy (non-hydrogen) atoms. The maximum atomic E-state index is 4.29. The standard InChI is InChI=1S/C20H30N4/c1-2-3-5-8-19-17-24(22-21-19)20-11-9-18(10-12-20)13-16-23-14-6-4-7-15-23/h9-12,17H,2-8,13-16H2,1H3. The fourth-order valence-corrected chi connectivity index (χ4v) is 3.38. The van der Waals surface area contributed by atoms with Crippen LogP contribution >= 0.6 is 0 Å². The largest absolute Gasteiger partial charge is 0.303 e. The number of aromatic nitrogens is 3. The Hall–Kier alpha value is -1.68. The summed E-state index contributed by atoms with van der Waals surface area (Å²) in [6, 6.07) is 8.79. The lowest BCUT2D eigenvalue weighted by Crippen LogP contribution is -2.31. The molecule has 1 aromatic heterocycles. The van der Waals surface area contributed by atoms with Gasteiger partial charge in [-0.25, -0.2) is 4.68 Å². The Kier molecular flexibility index (Phi) is 6.41. The van der Waals surface area contributed by atoms with Gasteiger partial charge in [-0.05, 0) is 62.9 Å². The van der Waals surface area contributed by atoms with Crippen molar-refractivity contribution in [2.24, 2.45) is 0 Å². The minimum Gasteiger partial charge on any atom is -0.303 e. The van der Waals surface area contributed by atoms with Crippen LogP contribution in [0, 0.1) is 0 Å². The smallest absolute Gasteiger partial charge is 0.0831 e. The fraction of sp³-hybridized carbons (Fsp3) is 0.600. The van der Waals surface area contributed by atoms with Gasteiger partial charge in [-0.2, -0.15) is 0 Å². The highest BCUT2D eigenvalue weighted by atomic mass is 15.4. The Labute approximate surface area is 145 Å². The van der Waals surface area contributed by atoms with Gasteiger partial charge >= 0.3 is 0 Å². The van der Waals surface area contributed by atoms with Crippen LogP contribution in [-0.2, 0) is 12.8 Å². The Morgan fingerprint density at radius 2 is 1.75 bits per heavy atom. The van der Waals surface area contributed by atoms with E-state index in [2.05, 4.69) is 52.6 Å². The van der Waals surface area contributed by atoms with Crippen LogP contribution in [0.3, 0.4) is 0 Å². The van der Waals surface area contributed by atoms with Crippen molar-refractivity contribution in [1.82, 2.24) is 19.9 Å². The van der Waals surface area contributed by atoms with E-state index in [9.17, 15) is 0 Å². The number of hydrogen-bond acceptors (Lipinski definition) is 3. The molecule has 0 bridgehead atoms. The topological polar surface area (TPSA) is 34.0 Å². The maximum absolute atomic E-state index is 4.29. The van der Waals surface area contributed by atoms with E-state index < -0.39 is 0 Å². The molecule has 0 radical (unpaired) electrons. The molecule has 2 aromatic rings. The van der Waals surface area contributed by atoms with Gasteiger partial charge in [-0.1, -0.05) is 43.5 Å². The summed E-state index contributed by atoms with van der Waals surface area (Å²) in [5.41, 5.74) is 3.61. The molecule has 0 unspecified atom stereocenters. The van der Waals surface area contributed by atoms with Crippen molar-refractivity contribution in [3.8, 4) is 5.69 Å². The van der Waals surface area contributed by atoms with Crippen molar-refractivity contribution in [1.29, 1.82) is 0 Å². The molecule has 0 spiro atoms. The Balaban J connectivity index is 1.52. The minimum absolute atomic E-state index is 1.03. The average molecular weight is 326 g/mol. The zero-order valence-electron chi connectivity index (χ0n) is 15.0. The normalized spacial score (nSPS) is 15.7. The molecule has 0 atom stereocenters. The molecule has 1 aromatic carbocycles. The molecular formula is C20H30N4. The second-order valence-electron chi connectivity index (χ2n) is 6.93. The summed E-state index contributed by atoms with van der Waals surface area (Å²) in [6.45, 7) is 5.96. The molecule has 3 rings (SSSR count). The Morgan fingerprint density at radius 3 is 2.50 bits per heavy atom. The maximum Gasteiger partial charge on any atom is 0.0831 e. The first-order valence-electron chi connectivity index (χ1n) is 9.58. The third kappa shape index (κ3) is 4.91. The molecule has 1 fully saturated rings. The van der Waals surface area contributed by atoms with E-state index >= 15 is 0 Å². The lowest BCUT2D eigenvalue weighted by Gasteiger charge is -2.26. The van der Waals surface area contributed by atoms with E-state index in [0.29, 0.717) is 0 Å². The first-order chi connectivity index (χ1) is 11.8. The number of benzene rings is 1. The van der Waals surface area contributed by atoms with Crippen molar-refractivity contribution in [3.05, 3.63) is 41.7 Å². The number of nitrogens with zero attached hydrogens (tertiary/aromatic N) is 4. The highest BCUT2D eigenvalue weighted by Gasteiger charge is 2.09. The quantitative estimate of drug-likeness (QED) is 0.687. The van der Waals surface area contributed by atoms with Crippen LogP contribution in [0.15, 0.2) is 30.5 Å². The van der Waals surface area contributed by atoms with Crippen molar-refractivity contribution in [3.63, 3.8) is 0 Å². The van der Waals surface area contributed by atoms with E-state index in [-0.39, 0.29) is 0 Å². The van der Waals surface area contributed by atoms with Crippen LogP contribution in [-0.4, -0.2) is 39.5 Å². The van der Waals surface area contributed by atoms with Crippen LogP contribution in [0.1, 0.15) is 56.7 Å². The van der Waals surface area contributed by atoms with E-state index in [4.69, 9.17) is 0 Å². The molecule has 1 aliphatic heterocycles. The average Bonchev–Trinajstić information content (AvgIpc) is 3.10. The predicted molar refractivity (Wildman–Crippen MR) is 98.6 cm³/mol. The lowest BCUT2D eigenvalue weighted by atomic mass is 10.1. The fourth-order valence-electron chi connectivity index (χ4n) is 3.38. The van der Waals surface area contributed by atoms with Gasteiger partial charge in [0.15, 0.2) is 0 Å². The second-order valence-corrected chi connectivity index (χ2v) is 6.93. The zero-order chi connectivity index (χ0) is 16.6. The third-order valence-electron chi connectivity index (χ3n) is 4.94. The number of aryl methyl sites for hydroxylation is 1. The van der Waals surface area contributed by atoms with E-state index in [1.807, 2.05) is 4.68 Å². The molecule has 1 saturated heterocycles. The summed E-state index contributed by atoms with van der Waals surface area (Å²) in [5.74, 6) is 0. The van der Waals surface area contributed by atoms with Crippen LogP contribution in [0.5, 0.6) is 0 Å².